The fourth-order valence-corrected chi connectivity index (χ4v) is 3.22. The second-order valence-corrected chi connectivity index (χ2v) is 6.55. The van der Waals surface area contributed by atoms with E-state index in [-0.39, 0.29) is 17.6 Å². The van der Waals surface area contributed by atoms with E-state index in [1.807, 2.05) is 25.1 Å². The lowest BCUT2D eigenvalue weighted by Gasteiger charge is -2.38. The van der Waals surface area contributed by atoms with Gasteiger partial charge in [0.25, 0.3) is 5.91 Å². The Morgan fingerprint density at radius 3 is 2.84 bits per heavy atom. The summed E-state index contributed by atoms with van der Waals surface area (Å²) in [7, 11) is 1.78. The monoisotopic (exact) mass is 341 g/mol. The van der Waals surface area contributed by atoms with Crippen molar-refractivity contribution in [2.45, 2.75) is 32.7 Å². The van der Waals surface area contributed by atoms with Crippen LogP contribution >= 0.6 is 0 Å². The van der Waals surface area contributed by atoms with Crippen molar-refractivity contribution in [3.05, 3.63) is 51.8 Å². The van der Waals surface area contributed by atoms with Gasteiger partial charge in [-0.15, -0.1) is 0 Å². The summed E-state index contributed by atoms with van der Waals surface area (Å²) in [4.78, 5) is 39.1. The van der Waals surface area contributed by atoms with Crippen LogP contribution in [0, 0.1) is 13.8 Å². The summed E-state index contributed by atoms with van der Waals surface area (Å²) in [6, 6.07) is 7.65. The molecule has 1 aliphatic rings. The molecule has 0 spiro atoms. The summed E-state index contributed by atoms with van der Waals surface area (Å²) in [6.45, 7) is 5.37. The molecule has 7 nitrogen and oxygen atoms in total. The molecule has 3 rings (SSSR count). The van der Waals surface area contributed by atoms with Gasteiger partial charge in [-0.25, -0.2) is 9.78 Å². The van der Waals surface area contributed by atoms with Crippen molar-refractivity contribution in [3.8, 4) is 0 Å². The smallest absolute Gasteiger partial charge is 0.345 e. The average molecular weight is 341 g/mol. The molecule has 1 atom stereocenters. The first-order valence-electron chi connectivity index (χ1n) is 8.48. The van der Waals surface area contributed by atoms with E-state index in [9.17, 15) is 9.59 Å². The number of nitrogens with one attached hydrogen (secondary N) is 1. The Labute approximate surface area is 146 Å². The normalized spacial score (nSPS) is 17.4. The van der Waals surface area contributed by atoms with E-state index in [0.717, 1.165) is 37.4 Å². The molecule has 25 heavy (non-hydrogen) atoms. The van der Waals surface area contributed by atoms with Gasteiger partial charge in [-0.3, -0.25) is 4.79 Å². The number of rotatable bonds is 3. The predicted molar refractivity (Wildman–Crippen MR) is 95.9 cm³/mol. The van der Waals surface area contributed by atoms with Crippen molar-refractivity contribution in [2.75, 3.05) is 25.0 Å². The van der Waals surface area contributed by atoms with Crippen LogP contribution in [0.5, 0.6) is 0 Å². The van der Waals surface area contributed by atoms with E-state index in [0.29, 0.717) is 5.69 Å². The van der Waals surface area contributed by atoms with Crippen LogP contribution in [-0.4, -0.2) is 51.9 Å². The number of H-pyrrole nitrogens is 1. The number of aromatic nitrogens is 3. The number of carbonyl (C=O) groups excluding carboxylic acids is 1. The van der Waals surface area contributed by atoms with Crippen LogP contribution in [0.2, 0.25) is 0 Å². The number of hydrogen-bond donors (Lipinski definition) is 1. The predicted octanol–water partition coefficient (Wildman–Crippen LogP) is 1.52. The minimum Gasteiger partial charge on any atom is -0.355 e. The first kappa shape index (κ1) is 17.1. The van der Waals surface area contributed by atoms with Gasteiger partial charge in [-0.2, -0.15) is 4.98 Å². The zero-order chi connectivity index (χ0) is 18.0. The highest BCUT2D eigenvalue weighted by atomic mass is 16.2. The third-order valence-electron chi connectivity index (χ3n) is 4.56. The summed E-state index contributed by atoms with van der Waals surface area (Å²) in [5.41, 5.74) is 1.30. The lowest BCUT2D eigenvalue weighted by Crippen LogP contribution is -2.49. The van der Waals surface area contributed by atoms with Crippen molar-refractivity contribution in [1.29, 1.82) is 0 Å². The average Bonchev–Trinajstić information content (AvgIpc) is 2.60. The molecule has 0 bridgehead atoms. The summed E-state index contributed by atoms with van der Waals surface area (Å²) in [5.74, 6) is 0.717. The molecule has 0 radical (unpaired) electrons. The summed E-state index contributed by atoms with van der Waals surface area (Å²) < 4.78 is 0. The standard InChI is InChI=1S/C18H23N5O2/c1-12-6-4-8-16(19-12)23-9-5-7-14(11-23)22(3)17(24)15-10-13(2)20-18(25)21-15/h4,6,8,10,14H,5,7,9,11H2,1-3H3,(H,20,21,25)/t14-/m0/s1. The van der Waals surface area contributed by atoms with Crippen LogP contribution in [0.4, 0.5) is 5.82 Å². The number of nitrogens with zero attached hydrogens (tertiary/aromatic N) is 4. The molecule has 3 heterocycles. The van der Waals surface area contributed by atoms with Crippen LogP contribution < -0.4 is 10.6 Å². The second kappa shape index (κ2) is 7.04. The van der Waals surface area contributed by atoms with E-state index in [1.165, 1.54) is 0 Å². The Kier molecular flexibility index (Phi) is 4.83. The van der Waals surface area contributed by atoms with Crippen molar-refractivity contribution >= 4 is 11.7 Å². The molecular formula is C18H23N5O2. The van der Waals surface area contributed by atoms with Crippen LogP contribution in [0.25, 0.3) is 0 Å². The molecule has 0 aliphatic carbocycles. The first-order chi connectivity index (χ1) is 11.9. The molecule has 1 amide bonds. The van der Waals surface area contributed by atoms with Crippen molar-refractivity contribution < 1.29 is 4.79 Å². The maximum atomic E-state index is 12.7. The molecule has 1 N–H and O–H groups in total. The lowest BCUT2D eigenvalue weighted by molar-refractivity contribution is 0.0710. The van der Waals surface area contributed by atoms with Crippen LogP contribution in [0.15, 0.2) is 29.1 Å². The van der Waals surface area contributed by atoms with Crippen LogP contribution in [-0.2, 0) is 0 Å². The van der Waals surface area contributed by atoms with Gasteiger partial charge < -0.3 is 14.8 Å². The molecule has 1 saturated heterocycles. The molecule has 2 aromatic heterocycles. The third kappa shape index (κ3) is 3.87. The molecular weight excluding hydrogens is 318 g/mol. The molecule has 0 aromatic carbocycles. The lowest BCUT2D eigenvalue weighted by atomic mass is 10.0. The van der Waals surface area contributed by atoms with Gasteiger partial charge >= 0.3 is 5.69 Å². The fraction of sp³-hybridized carbons (Fsp3) is 0.444. The number of aryl methyl sites for hydroxylation is 2. The van der Waals surface area contributed by atoms with Gasteiger partial charge in [0.2, 0.25) is 0 Å². The highest BCUT2D eigenvalue weighted by Gasteiger charge is 2.28. The van der Waals surface area contributed by atoms with Crippen LogP contribution in [0.3, 0.4) is 0 Å². The Hall–Kier alpha value is -2.70. The van der Waals surface area contributed by atoms with E-state index in [2.05, 4.69) is 19.9 Å². The summed E-state index contributed by atoms with van der Waals surface area (Å²) >= 11 is 0. The second-order valence-electron chi connectivity index (χ2n) is 6.55. The van der Waals surface area contributed by atoms with Gasteiger partial charge in [-0.05, 0) is 44.9 Å². The zero-order valence-electron chi connectivity index (χ0n) is 14.8. The number of piperidine rings is 1. The highest BCUT2D eigenvalue weighted by molar-refractivity contribution is 5.92. The Bertz CT molecular complexity index is 832. The maximum Gasteiger partial charge on any atom is 0.345 e. The minimum absolute atomic E-state index is 0.0601. The van der Waals surface area contributed by atoms with Crippen molar-refractivity contribution in [1.82, 2.24) is 19.9 Å². The number of anilines is 1. The van der Waals surface area contributed by atoms with E-state index < -0.39 is 5.69 Å². The Morgan fingerprint density at radius 2 is 2.12 bits per heavy atom. The van der Waals surface area contributed by atoms with Gasteiger partial charge in [0.05, 0.1) is 0 Å². The van der Waals surface area contributed by atoms with Crippen molar-refractivity contribution in [3.63, 3.8) is 0 Å². The largest absolute Gasteiger partial charge is 0.355 e. The molecule has 0 unspecified atom stereocenters. The van der Waals surface area contributed by atoms with Crippen LogP contribution in [0.1, 0.15) is 34.7 Å². The van der Waals surface area contributed by atoms with Gasteiger partial charge in [0.1, 0.15) is 11.5 Å². The first-order valence-corrected chi connectivity index (χ1v) is 8.48. The highest BCUT2D eigenvalue weighted by Crippen LogP contribution is 2.21. The molecule has 0 saturated carbocycles. The van der Waals surface area contributed by atoms with Gasteiger partial charge in [-0.1, -0.05) is 6.07 Å². The number of carbonyl (C=O) groups is 1. The molecule has 1 aliphatic heterocycles. The molecule has 132 valence electrons. The SMILES string of the molecule is Cc1cccc(N2CCC[C@H](N(C)C(=O)c3cc(C)[nH]c(=O)n3)C2)n1. The quantitative estimate of drug-likeness (QED) is 0.915. The maximum absolute atomic E-state index is 12.7. The summed E-state index contributed by atoms with van der Waals surface area (Å²) in [5, 5.41) is 0. The van der Waals surface area contributed by atoms with Crippen molar-refractivity contribution in [2.24, 2.45) is 0 Å². The number of likely N-dealkylation sites (N-methyl/N-ethyl adjacent to an activating group) is 1. The minimum atomic E-state index is -0.494. The molecule has 1 fully saturated rings. The summed E-state index contributed by atoms with van der Waals surface area (Å²) in [6.07, 6.45) is 1.91. The number of pyridine rings is 1. The van der Waals surface area contributed by atoms with E-state index in [1.54, 1.807) is 24.9 Å². The zero-order valence-corrected chi connectivity index (χ0v) is 14.8. The molecule has 7 heteroatoms. The number of amides is 1. The topological polar surface area (TPSA) is 82.2 Å². The van der Waals surface area contributed by atoms with Gasteiger partial charge in [0.15, 0.2) is 0 Å². The number of hydrogen-bond acceptors (Lipinski definition) is 5. The Morgan fingerprint density at radius 1 is 1.32 bits per heavy atom. The Balaban J connectivity index is 1.76. The van der Waals surface area contributed by atoms with E-state index >= 15 is 0 Å². The van der Waals surface area contributed by atoms with E-state index in [4.69, 9.17) is 0 Å². The van der Waals surface area contributed by atoms with Gasteiger partial charge in [0, 0.05) is 37.6 Å². The molecule has 2 aromatic rings. The number of aromatic amines is 1. The third-order valence-corrected chi connectivity index (χ3v) is 4.56. The fourth-order valence-electron chi connectivity index (χ4n) is 3.22.